The zero-order chi connectivity index (χ0) is 24.2. The molecule has 0 bridgehead atoms. The maximum absolute atomic E-state index is 15.6. The normalized spacial score (nSPS) is 20.0. The first kappa shape index (κ1) is 24.4. The van der Waals surface area contributed by atoms with E-state index in [-0.39, 0.29) is 36.4 Å². The van der Waals surface area contributed by atoms with E-state index in [1.807, 2.05) is 24.8 Å². The summed E-state index contributed by atoms with van der Waals surface area (Å²) < 4.78 is 15.6. The molecule has 0 radical (unpaired) electrons. The minimum atomic E-state index is -0.569. The maximum Gasteiger partial charge on any atom is 0.257 e. The fraction of sp³-hybridized carbons (Fsp3) is 0.571. The third-order valence-electron chi connectivity index (χ3n) is 7.62. The first-order valence-corrected chi connectivity index (χ1v) is 12.7. The second kappa shape index (κ2) is 10.7. The minimum Gasteiger partial charge on any atom is -0.342 e. The number of carbonyl (C=O) groups is 3. The lowest BCUT2D eigenvalue weighted by Crippen LogP contribution is -2.48. The Morgan fingerprint density at radius 2 is 1.76 bits per heavy atom. The monoisotopic (exact) mass is 468 g/mol. The lowest BCUT2D eigenvalue weighted by molar-refractivity contribution is -0.128. The Balaban J connectivity index is 0.00000342. The van der Waals surface area contributed by atoms with Crippen LogP contribution in [-0.2, 0) is 9.59 Å². The number of amides is 2. The molecule has 0 spiro atoms. The van der Waals surface area contributed by atoms with Gasteiger partial charge in [0.15, 0.2) is 5.78 Å². The first-order chi connectivity index (χ1) is 16.4. The molecule has 1 heterocycles. The molecule has 5 nitrogen and oxygen atoms in total. The maximum atomic E-state index is 15.6. The van der Waals surface area contributed by atoms with E-state index in [1.165, 1.54) is 6.07 Å². The van der Waals surface area contributed by atoms with Crippen molar-refractivity contribution in [1.29, 1.82) is 0 Å². The molecule has 0 aromatic heterocycles. The molecule has 1 N–H and O–H groups in total. The van der Waals surface area contributed by atoms with Crippen molar-refractivity contribution in [2.45, 2.75) is 77.2 Å². The zero-order valence-electron chi connectivity index (χ0n) is 20.2. The van der Waals surface area contributed by atoms with Crippen molar-refractivity contribution in [3.8, 4) is 0 Å². The molecular weight excluding hydrogens is 431 g/mol. The van der Waals surface area contributed by atoms with Crippen molar-refractivity contribution in [2.75, 3.05) is 13.1 Å². The molecule has 1 aromatic rings. The Labute approximate surface area is 203 Å². The van der Waals surface area contributed by atoms with Gasteiger partial charge in [0.2, 0.25) is 0 Å². The van der Waals surface area contributed by atoms with E-state index >= 15 is 4.39 Å². The zero-order valence-corrected chi connectivity index (χ0v) is 20.2. The van der Waals surface area contributed by atoms with Gasteiger partial charge in [-0.2, -0.15) is 0 Å². The highest BCUT2D eigenvalue weighted by atomic mass is 19.1. The van der Waals surface area contributed by atoms with Crippen LogP contribution in [0, 0.1) is 17.7 Å². The van der Waals surface area contributed by atoms with Gasteiger partial charge in [0, 0.05) is 26.9 Å². The topological polar surface area (TPSA) is 66.5 Å². The molecule has 1 saturated heterocycles. The predicted octanol–water partition coefficient (Wildman–Crippen LogP) is 5.17. The molecule has 1 atom stereocenters. The molecule has 4 rings (SSSR count). The van der Waals surface area contributed by atoms with Gasteiger partial charge in [-0.25, -0.2) is 4.39 Å². The number of likely N-dealkylation sites (tertiary alicyclic amines) is 1. The number of rotatable bonds is 7. The molecule has 184 valence electrons. The van der Waals surface area contributed by atoms with Crippen molar-refractivity contribution >= 4 is 17.6 Å². The van der Waals surface area contributed by atoms with Crippen LogP contribution in [0.25, 0.3) is 0 Å². The number of benzene rings is 1. The molecule has 2 fully saturated rings. The van der Waals surface area contributed by atoms with E-state index < -0.39 is 17.8 Å². The molecule has 1 saturated carbocycles. The minimum absolute atomic E-state index is 0. The highest BCUT2D eigenvalue weighted by Gasteiger charge is 2.34. The smallest absolute Gasteiger partial charge is 0.257 e. The lowest BCUT2D eigenvalue weighted by Gasteiger charge is -2.33. The summed E-state index contributed by atoms with van der Waals surface area (Å²) in [5.74, 6) is -1.10. The Morgan fingerprint density at radius 3 is 2.35 bits per heavy atom. The van der Waals surface area contributed by atoms with Gasteiger partial charge in [-0.1, -0.05) is 45.2 Å². The van der Waals surface area contributed by atoms with Crippen LogP contribution in [0.3, 0.4) is 0 Å². The Morgan fingerprint density at radius 1 is 1.09 bits per heavy atom. The number of halogens is 1. The molecule has 1 aromatic carbocycles. The summed E-state index contributed by atoms with van der Waals surface area (Å²) in [5, 5.41) is 2.91. The van der Waals surface area contributed by atoms with Crippen LogP contribution in [0.2, 0.25) is 0 Å². The average molecular weight is 469 g/mol. The van der Waals surface area contributed by atoms with Crippen molar-refractivity contribution in [3.63, 3.8) is 0 Å². The molecule has 2 aliphatic carbocycles. The third-order valence-corrected chi connectivity index (χ3v) is 7.62. The largest absolute Gasteiger partial charge is 0.342 e. The van der Waals surface area contributed by atoms with Gasteiger partial charge < -0.3 is 10.2 Å². The summed E-state index contributed by atoms with van der Waals surface area (Å²) >= 11 is 0. The number of hydrogen-bond acceptors (Lipinski definition) is 3. The molecule has 6 heteroatoms. The van der Waals surface area contributed by atoms with Crippen molar-refractivity contribution < 1.29 is 20.2 Å². The number of ketones is 1. The average Bonchev–Trinajstić information content (AvgIpc) is 2.81. The first-order valence-electron chi connectivity index (χ1n) is 12.7. The van der Waals surface area contributed by atoms with Gasteiger partial charge >= 0.3 is 0 Å². The van der Waals surface area contributed by atoms with Crippen LogP contribution < -0.4 is 5.32 Å². The van der Waals surface area contributed by atoms with E-state index in [0.29, 0.717) is 43.5 Å². The number of nitrogens with one attached hydrogen (secondary N) is 1. The molecular formula is C28H37FN2O3. The second-order valence-electron chi connectivity index (χ2n) is 10.2. The van der Waals surface area contributed by atoms with E-state index in [2.05, 4.69) is 11.0 Å². The summed E-state index contributed by atoms with van der Waals surface area (Å²) in [4.78, 5) is 40.3. The highest BCUT2D eigenvalue weighted by Crippen LogP contribution is 2.33. The van der Waals surface area contributed by atoms with E-state index in [1.54, 1.807) is 12.1 Å². The Bertz CT molecular complexity index is 1020. The summed E-state index contributed by atoms with van der Waals surface area (Å²) in [7, 11) is 0. The lowest BCUT2D eigenvalue weighted by atomic mass is 9.80. The van der Waals surface area contributed by atoms with Crippen LogP contribution in [0.4, 0.5) is 4.39 Å². The quantitative estimate of drug-likeness (QED) is 0.562. The molecule has 2 amide bonds. The fourth-order valence-electron chi connectivity index (χ4n) is 5.45. The number of carbonyl (C=O) groups excluding carboxylic acids is 3. The van der Waals surface area contributed by atoms with Crippen molar-refractivity contribution in [3.05, 3.63) is 52.5 Å². The van der Waals surface area contributed by atoms with E-state index in [9.17, 15) is 14.4 Å². The highest BCUT2D eigenvalue weighted by molar-refractivity contribution is 5.99. The number of hydrogen-bond donors (Lipinski definition) is 1. The molecule has 34 heavy (non-hydrogen) atoms. The van der Waals surface area contributed by atoms with Gasteiger partial charge in [0.1, 0.15) is 5.82 Å². The number of Topliss-reactive ketones (excluding diaryl/α,β-unsaturated/α-hetero) is 1. The van der Waals surface area contributed by atoms with Crippen LogP contribution >= 0.6 is 0 Å². The summed E-state index contributed by atoms with van der Waals surface area (Å²) in [6.07, 6.45) is 8.92. The Kier molecular flexibility index (Phi) is 7.67. The van der Waals surface area contributed by atoms with Gasteiger partial charge in [0.05, 0.1) is 17.2 Å². The predicted molar refractivity (Wildman–Crippen MR) is 131 cm³/mol. The number of nitrogens with zero attached hydrogens (tertiary/aromatic N) is 1. The third kappa shape index (κ3) is 5.17. The fourth-order valence-corrected chi connectivity index (χ4v) is 5.45. The second-order valence-corrected chi connectivity index (χ2v) is 10.2. The summed E-state index contributed by atoms with van der Waals surface area (Å²) in [5.41, 5.74) is 4.17. The van der Waals surface area contributed by atoms with Crippen LogP contribution in [0.5, 0.6) is 0 Å². The van der Waals surface area contributed by atoms with Crippen LogP contribution in [0.15, 0.2) is 35.6 Å². The molecule has 1 aliphatic heterocycles. The summed E-state index contributed by atoms with van der Waals surface area (Å²) in [6.45, 7) is 4.83. The van der Waals surface area contributed by atoms with Gasteiger partial charge in [-0.15, -0.1) is 5.73 Å². The van der Waals surface area contributed by atoms with Gasteiger partial charge in [-0.3, -0.25) is 14.4 Å². The summed E-state index contributed by atoms with van der Waals surface area (Å²) in [6, 6.07) is 4.39. The number of piperidine rings is 1. The van der Waals surface area contributed by atoms with Crippen molar-refractivity contribution in [1.82, 2.24) is 10.2 Å². The van der Waals surface area contributed by atoms with E-state index in [0.717, 1.165) is 32.1 Å². The SMILES string of the molecule is CC(C)C(=O)[C@H](NC(=O)c1cccc(C2CCN(C(=O)C3=C=CC3)CC2)c1F)C1CCCCC1.[HH]. The van der Waals surface area contributed by atoms with Gasteiger partial charge in [0.25, 0.3) is 11.8 Å². The van der Waals surface area contributed by atoms with Gasteiger partial charge in [-0.05, 0) is 55.2 Å². The van der Waals surface area contributed by atoms with Crippen molar-refractivity contribution in [2.24, 2.45) is 11.8 Å². The molecule has 0 unspecified atom stereocenters. The van der Waals surface area contributed by atoms with Crippen LogP contribution in [-0.4, -0.2) is 41.6 Å². The Hall–Kier alpha value is -2.72. The van der Waals surface area contributed by atoms with E-state index in [4.69, 9.17) is 0 Å². The molecule has 3 aliphatic rings. The standard InChI is InChI=1S/C28H35FN2O3.H2/c1-18(2)26(32)25(20-8-4-3-5-9-20)30-27(33)23-13-7-12-22(24(23)29)19-14-16-31(17-15-19)28(34)21-10-6-11-21;/h6-7,12-13,18-20,25H,3-5,8-10,14-17H2,1-2H3,(H,30,33);1H/t25-;/m1./s1. The van der Waals surface area contributed by atoms with Crippen LogP contribution in [0.1, 0.15) is 88.5 Å².